The van der Waals surface area contributed by atoms with E-state index in [0.29, 0.717) is 0 Å². The first-order valence-corrected chi connectivity index (χ1v) is 21.0. The summed E-state index contributed by atoms with van der Waals surface area (Å²) in [4.78, 5) is 2.46. The largest absolute Gasteiger partial charge is 0.455 e. The molecule has 12 rings (SSSR count). The molecule has 1 aromatic heterocycles. The van der Waals surface area contributed by atoms with Gasteiger partial charge in [0.1, 0.15) is 11.2 Å². The SMILES string of the molecule is c1ccc(-c2ccc(N(c3ccc4c(c3)C(c3ccccc3)(c3ccccc3)c3ccccc3-4)c3cc4c5cc(-c6ccccc6)ccc5oc4c4ccccc34)cc2)cc1. The molecule has 0 amide bonds. The molecule has 1 heterocycles. The Morgan fingerprint density at radius 1 is 0.328 bits per heavy atom. The van der Waals surface area contributed by atoms with Crippen molar-refractivity contribution in [3.8, 4) is 33.4 Å². The highest BCUT2D eigenvalue weighted by Gasteiger charge is 2.46. The molecule has 0 unspecified atom stereocenters. The van der Waals surface area contributed by atoms with Crippen LogP contribution in [0.2, 0.25) is 0 Å². The van der Waals surface area contributed by atoms with Crippen molar-refractivity contribution < 1.29 is 4.42 Å². The van der Waals surface area contributed by atoms with Crippen molar-refractivity contribution in [1.82, 2.24) is 0 Å². The lowest BCUT2D eigenvalue weighted by Crippen LogP contribution is -2.28. The van der Waals surface area contributed by atoms with Crippen molar-refractivity contribution in [2.75, 3.05) is 4.90 Å². The van der Waals surface area contributed by atoms with Crippen molar-refractivity contribution in [2.24, 2.45) is 0 Å². The summed E-state index contributed by atoms with van der Waals surface area (Å²) >= 11 is 0. The van der Waals surface area contributed by atoms with Gasteiger partial charge in [0.05, 0.1) is 11.1 Å². The Hall–Kier alpha value is -7.94. The van der Waals surface area contributed by atoms with Crippen molar-refractivity contribution in [1.29, 1.82) is 0 Å². The molecule has 0 fully saturated rings. The average molecular weight is 778 g/mol. The van der Waals surface area contributed by atoms with Crippen LogP contribution in [0.3, 0.4) is 0 Å². The fourth-order valence-electron chi connectivity index (χ4n) is 10.0. The Bertz CT molecular complexity index is 3350. The maximum absolute atomic E-state index is 6.77. The van der Waals surface area contributed by atoms with Crippen LogP contribution in [0, 0.1) is 0 Å². The third-order valence-corrected chi connectivity index (χ3v) is 12.7. The van der Waals surface area contributed by atoms with Gasteiger partial charge in [0.2, 0.25) is 0 Å². The van der Waals surface area contributed by atoms with E-state index in [-0.39, 0.29) is 0 Å². The third-order valence-electron chi connectivity index (χ3n) is 12.7. The number of fused-ring (bicyclic) bond motifs is 8. The highest BCUT2D eigenvalue weighted by atomic mass is 16.3. The summed E-state index contributed by atoms with van der Waals surface area (Å²) in [5.41, 5.74) is 16.8. The lowest BCUT2D eigenvalue weighted by atomic mass is 9.67. The smallest absolute Gasteiger partial charge is 0.143 e. The van der Waals surface area contributed by atoms with E-state index < -0.39 is 5.41 Å². The minimum atomic E-state index is -0.534. The van der Waals surface area contributed by atoms with Crippen LogP contribution in [-0.2, 0) is 5.41 Å². The van der Waals surface area contributed by atoms with Crippen molar-refractivity contribution in [3.05, 3.63) is 259 Å². The van der Waals surface area contributed by atoms with Gasteiger partial charge in [-0.05, 0) is 98.1 Å². The molecule has 0 N–H and O–H groups in total. The summed E-state index contributed by atoms with van der Waals surface area (Å²) in [6.45, 7) is 0. The number of nitrogens with zero attached hydrogens (tertiary/aromatic N) is 1. The molecule has 10 aromatic carbocycles. The zero-order chi connectivity index (χ0) is 40.3. The molecule has 0 bridgehead atoms. The van der Waals surface area contributed by atoms with E-state index in [1.54, 1.807) is 0 Å². The highest BCUT2D eigenvalue weighted by molar-refractivity contribution is 6.20. The van der Waals surface area contributed by atoms with E-state index >= 15 is 0 Å². The van der Waals surface area contributed by atoms with Crippen LogP contribution in [0.4, 0.5) is 17.1 Å². The maximum Gasteiger partial charge on any atom is 0.143 e. The summed E-state index contributed by atoms with van der Waals surface area (Å²) in [5.74, 6) is 0. The zero-order valence-electron chi connectivity index (χ0n) is 33.4. The normalized spacial score (nSPS) is 12.7. The molecule has 1 aliphatic carbocycles. The van der Waals surface area contributed by atoms with E-state index in [9.17, 15) is 0 Å². The number of rotatable bonds is 7. The molecule has 0 spiro atoms. The number of anilines is 3. The number of benzene rings is 10. The fourth-order valence-corrected chi connectivity index (χ4v) is 10.0. The predicted octanol–water partition coefficient (Wildman–Crippen LogP) is 15.9. The number of hydrogen-bond acceptors (Lipinski definition) is 2. The first kappa shape index (κ1) is 35.0. The molecular formula is C59H39NO. The fraction of sp³-hybridized carbons (Fsp3) is 0.0169. The van der Waals surface area contributed by atoms with Gasteiger partial charge in [0, 0.05) is 32.9 Å². The molecule has 2 heteroatoms. The number of hydrogen-bond donors (Lipinski definition) is 0. The Kier molecular flexibility index (Phi) is 8.11. The van der Waals surface area contributed by atoms with Gasteiger partial charge >= 0.3 is 0 Å². The summed E-state index contributed by atoms with van der Waals surface area (Å²) in [6, 6.07) is 86.1. The van der Waals surface area contributed by atoms with Gasteiger partial charge in [-0.2, -0.15) is 0 Å². The van der Waals surface area contributed by atoms with Gasteiger partial charge < -0.3 is 9.32 Å². The minimum absolute atomic E-state index is 0.534. The molecule has 61 heavy (non-hydrogen) atoms. The summed E-state index contributed by atoms with van der Waals surface area (Å²) in [5, 5.41) is 4.38. The monoisotopic (exact) mass is 777 g/mol. The standard InChI is InChI=1S/C59H39NO/c1-5-17-40(18-6-1)42-29-32-46(33-30-42)60(56-39-53-52-37-43(41-19-7-2-8-20-41)31-36-57(52)61-58(53)51-27-14-13-26-50(51)56)47-34-35-49-48-25-15-16-28-54(48)59(55(49)38-47,44-21-9-3-10-22-44)45-23-11-4-12-24-45/h1-39H. The zero-order valence-corrected chi connectivity index (χ0v) is 33.4. The van der Waals surface area contributed by atoms with Crippen LogP contribution < -0.4 is 4.90 Å². The minimum Gasteiger partial charge on any atom is -0.455 e. The molecule has 2 nitrogen and oxygen atoms in total. The van der Waals surface area contributed by atoms with Crippen molar-refractivity contribution in [3.63, 3.8) is 0 Å². The van der Waals surface area contributed by atoms with Gasteiger partial charge in [-0.25, -0.2) is 0 Å². The Morgan fingerprint density at radius 2 is 0.852 bits per heavy atom. The molecule has 0 saturated carbocycles. The van der Waals surface area contributed by atoms with E-state index in [1.807, 2.05) is 0 Å². The Balaban J connectivity index is 1.15. The highest BCUT2D eigenvalue weighted by Crippen LogP contribution is 2.57. The van der Waals surface area contributed by atoms with Crippen molar-refractivity contribution >= 4 is 49.8 Å². The quantitative estimate of drug-likeness (QED) is 0.160. The first-order valence-electron chi connectivity index (χ1n) is 21.0. The molecule has 11 aromatic rings. The molecule has 0 radical (unpaired) electrons. The Morgan fingerprint density at radius 3 is 1.54 bits per heavy atom. The van der Waals surface area contributed by atoms with Crippen LogP contribution >= 0.6 is 0 Å². The van der Waals surface area contributed by atoms with Gasteiger partial charge in [-0.1, -0.05) is 194 Å². The van der Waals surface area contributed by atoms with Gasteiger partial charge in [-0.15, -0.1) is 0 Å². The summed E-state index contributed by atoms with van der Waals surface area (Å²) < 4.78 is 6.77. The lowest BCUT2D eigenvalue weighted by Gasteiger charge is -2.35. The molecule has 0 aliphatic heterocycles. The predicted molar refractivity (Wildman–Crippen MR) is 254 cm³/mol. The van der Waals surface area contributed by atoms with E-state index in [1.165, 1.54) is 50.1 Å². The van der Waals surface area contributed by atoms with Gasteiger partial charge in [-0.3, -0.25) is 0 Å². The summed E-state index contributed by atoms with van der Waals surface area (Å²) in [6.07, 6.45) is 0. The van der Waals surface area contributed by atoms with Gasteiger partial charge in [0.25, 0.3) is 0 Å². The Labute approximate surface area is 355 Å². The third kappa shape index (κ3) is 5.50. The topological polar surface area (TPSA) is 16.4 Å². The number of furan rings is 1. The lowest BCUT2D eigenvalue weighted by molar-refractivity contribution is 0.672. The molecule has 0 atom stereocenters. The van der Waals surface area contributed by atoms with Crippen LogP contribution in [0.15, 0.2) is 241 Å². The van der Waals surface area contributed by atoms with Crippen LogP contribution in [-0.4, -0.2) is 0 Å². The second-order valence-electron chi connectivity index (χ2n) is 16.0. The van der Waals surface area contributed by atoms with Crippen LogP contribution in [0.25, 0.3) is 66.1 Å². The average Bonchev–Trinajstić information content (AvgIpc) is 3.86. The van der Waals surface area contributed by atoms with Crippen LogP contribution in [0.1, 0.15) is 22.3 Å². The maximum atomic E-state index is 6.77. The first-order chi connectivity index (χ1) is 30.3. The summed E-state index contributed by atoms with van der Waals surface area (Å²) in [7, 11) is 0. The second kappa shape index (κ2) is 14.1. The van der Waals surface area contributed by atoms with Crippen molar-refractivity contribution in [2.45, 2.75) is 5.41 Å². The van der Waals surface area contributed by atoms with Crippen LogP contribution in [0.5, 0.6) is 0 Å². The molecule has 286 valence electrons. The second-order valence-corrected chi connectivity index (χ2v) is 16.0. The molecular weight excluding hydrogens is 739 g/mol. The van der Waals surface area contributed by atoms with E-state index in [0.717, 1.165) is 55.3 Å². The molecule has 0 saturated heterocycles. The molecule has 1 aliphatic rings. The van der Waals surface area contributed by atoms with E-state index in [4.69, 9.17) is 4.42 Å². The van der Waals surface area contributed by atoms with Gasteiger partial charge in [0.15, 0.2) is 0 Å². The van der Waals surface area contributed by atoms with E-state index in [2.05, 4.69) is 241 Å².